The molecule has 1 heterocycles. The molecular formula is C12H17NO3. The van der Waals surface area contributed by atoms with E-state index in [9.17, 15) is 5.11 Å². The maximum Gasteiger partial charge on any atom is 0.165 e. The second-order valence-corrected chi connectivity index (χ2v) is 4.25. The highest BCUT2D eigenvalue weighted by Crippen LogP contribution is 2.39. The molecule has 16 heavy (non-hydrogen) atoms. The lowest BCUT2D eigenvalue weighted by Crippen LogP contribution is -2.36. The highest BCUT2D eigenvalue weighted by molar-refractivity contribution is 5.51. The van der Waals surface area contributed by atoms with Gasteiger partial charge in [-0.1, -0.05) is 19.1 Å². The zero-order valence-corrected chi connectivity index (χ0v) is 9.40. The number of hydrogen-bond acceptors (Lipinski definition) is 4. The highest BCUT2D eigenvalue weighted by Gasteiger charge is 2.30. The van der Waals surface area contributed by atoms with Gasteiger partial charge in [0, 0.05) is 17.5 Å². The topological polar surface area (TPSA) is 64.7 Å². The average Bonchev–Trinajstić information content (AvgIpc) is 2.37. The van der Waals surface area contributed by atoms with Gasteiger partial charge in [0.2, 0.25) is 0 Å². The zero-order valence-electron chi connectivity index (χ0n) is 9.40. The van der Waals surface area contributed by atoms with Crippen LogP contribution < -0.4 is 15.2 Å². The van der Waals surface area contributed by atoms with E-state index in [0.29, 0.717) is 19.8 Å². The summed E-state index contributed by atoms with van der Waals surface area (Å²) in [6.45, 7) is 3.37. The molecule has 0 spiro atoms. The molecule has 88 valence electrons. The monoisotopic (exact) mass is 223 g/mol. The van der Waals surface area contributed by atoms with Crippen molar-refractivity contribution in [2.24, 2.45) is 5.73 Å². The van der Waals surface area contributed by atoms with Crippen molar-refractivity contribution in [2.75, 3.05) is 26.4 Å². The van der Waals surface area contributed by atoms with Crippen molar-refractivity contribution >= 4 is 0 Å². The summed E-state index contributed by atoms with van der Waals surface area (Å²) in [6, 6.07) is 5.69. The van der Waals surface area contributed by atoms with Gasteiger partial charge in [-0.3, -0.25) is 0 Å². The van der Waals surface area contributed by atoms with Crippen LogP contribution in [-0.4, -0.2) is 31.5 Å². The van der Waals surface area contributed by atoms with Gasteiger partial charge >= 0.3 is 0 Å². The molecule has 4 heteroatoms. The first-order valence-corrected chi connectivity index (χ1v) is 5.41. The van der Waals surface area contributed by atoms with Crippen LogP contribution in [0.25, 0.3) is 0 Å². The Kier molecular flexibility index (Phi) is 3.03. The minimum Gasteiger partial charge on any atom is -0.486 e. The van der Waals surface area contributed by atoms with Crippen LogP contribution in [0.3, 0.4) is 0 Å². The molecular weight excluding hydrogens is 206 g/mol. The first kappa shape index (κ1) is 11.2. The second-order valence-electron chi connectivity index (χ2n) is 4.25. The average molecular weight is 223 g/mol. The first-order chi connectivity index (χ1) is 7.71. The summed E-state index contributed by atoms with van der Waals surface area (Å²) in [7, 11) is 0. The first-order valence-electron chi connectivity index (χ1n) is 5.41. The number of ether oxygens (including phenoxy) is 2. The Balaban J connectivity index is 2.48. The maximum absolute atomic E-state index is 9.46. The van der Waals surface area contributed by atoms with Crippen molar-refractivity contribution in [3.63, 3.8) is 0 Å². The lowest BCUT2D eigenvalue weighted by Gasteiger charge is -2.30. The number of para-hydroxylation sites is 1. The van der Waals surface area contributed by atoms with Crippen molar-refractivity contribution in [3.05, 3.63) is 23.8 Å². The highest BCUT2D eigenvalue weighted by atomic mass is 16.6. The predicted molar refractivity (Wildman–Crippen MR) is 60.9 cm³/mol. The molecule has 0 saturated heterocycles. The van der Waals surface area contributed by atoms with Gasteiger partial charge in [-0.25, -0.2) is 0 Å². The van der Waals surface area contributed by atoms with Gasteiger partial charge in [-0.2, -0.15) is 0 Å². The van der Waals surface area contributed by atoms with Crippen LogP contribution in [0.4, 0.5) is 0 Å². The van der Waals surface area contributed by atoms with E-state index in [1.807, 2.05) is 25.1 Å². The summed E-state index contributed by atoms with van der Waals surface area (Å²) >= 11 is 0. The van der Waals surface area contributed by atoms with E-state index in [-0.39, 0.29) is 6.61 Å². The number of aliphatic hydroxyl groups excluding tert-OH is 1. The molecule has 4 nitrogen and oxygen atoms in total. The number of benzene rings is 1. The summed E-state index contributed by atoms with van der Waals surface area (Å²) < 4.78 is 11.1. The largest absolute Gasteiger partial charge is 0.486 e. The van der Waals surface area contributed by atoms with Gasteiger partial charge in [-0.05, 0) is 6.07 Å². The Hall–Kier alpha value is -1.26. The van der Waals surface area contributed by atoms with Crippen LogP contribution in [0.5, 0.6) is 11.5 Å². The minimum atomic E-state index is -0.480. The van der Waals surface area contributed by atoms with E-state index in [1.165, 1.54) is 0 Å². The molecule has 1 aromatic carbocycles. The number of aliphatic hydroxyl groups is 1. The summed E-state index contributed by atoms with van der Waals surface area (Å²) in [5.74, 6) is 1.45. The molecule has 1 aliphatic heterocycles. The summed E-state index contributed by atoms with van der Waals surface area (Å²) in [6.07, 6.45) is 0. The third-order valence-electron chi connectivity index (χ3n) is 3.02. The fourth-order valence-corrected chi connectivity index (χ4v) is 1.81. The van der Waals surface area contributed by atoms with Crippen LogP contribution in [0.15, 0.2) is 18.2 Å². The van der Waals surface area contributed by atoms with Crippen LogP contribution in [-0.2, 0) is 5.41 Å². The number of rotatable bonds is 3. The van der Waals surface area contributed by atoms with Gasteiger partial charge in [0.25, 0.3) is 0 Å². The van der Waals surface area contributed by atoms with Crippen molar-refractivity contribution in [1.29, 1.82) is 0 Å². The fraction of sp³-hybridized carbons (Fsp3) is 0.500. The van der Waals surface area contributed by atoms with Crippen molar-refractivity contribution < 1.29 is 14.6 Å². The van der Waals surface area contributed by atoms with Gasteiger partial charge in [0.05, 0.1) is 6.61 Å². The van der Waals surface area contributed by atoms with E-state index in [2.05, 4.69) is 0 Å². The molecule has 1 unspecified atom stereocenters. The van der Waals surface area contributed by atoms with Gasteiger partial charge < -0.3 is 20.3 Å². The van der Waals surface area contributed by atoms with Gasteiger partial charge in [0.15, 0.2) is 11.5 Å². The van der Waals surface area contributed by atoms with Crippen molar-refractivity contribution in [3.8, 4) is 11.5 Å². The Bertz CT molecular complexity index is 375. The molecule has 0 saturated carbocycles. The Labute approximate surface area is 95.0 Å². The molecule has 0 amide bonds. The smallest absolute Gasteiger partial charge is 0.165 e. The summed E-state index contributed by atoms with van der Waals surface area (Å²) in [5, 5.41) is 9.46. The third-order valence-corrected chi connectivity index (χ3v) is 3.02. The zero-order chi connectivity index (χ0) is 11.6. The van der Waals surface area contributed by atoms with Crippen LogP contribution in [0.2, 0.25) is 0 Å². The van der Waals surface area contributed by atoms with E-state index in [4.69, 9.17) is 15.2 Å². The standard InChI is InChI=1S/C12H17NO3/c1-12(7-13,8-14)9-3-2-4-10-11(9)16-6-5-15-10/h2-4,14H,5-8,13H2,1H3. The number of hydrogen-bond donors (Lipinski definition) is 2. The molecule has 0 bridgehead atoms. The van der Waals surface area contributed by atoms with Crippen LogP contribution >= 0.6 is 0 Å². The van der Waals surface area contributed by atoms with Gasteiger partial charge in [0.1, 0.15) is 13.2 Å². The Morgan fingerprint density at radius 1 is 1.38 bits per heavy atom. The molecule has 0 aliphatic carbocycles. The number of nitrogens with two attached hydrogens (primary N) is 1. The Morgan fingerprint density at radius 3 is 2.81 bits per heavy atom. The SMILES string of the molecule is CC(CN)(CO)c1cccc2c1OCCO2. The predicted octanol–water partition coefficient (Wildman–Crippen LogP) is 0.666. The molecule has 2 rings (SSSR count). The molecule has 1 atom stereocenters. The van der Waals surface area contributed by atoms with Crippen molar-refractivity contribution in [2.45, 2.75) is 12.3 Å². The quantitative estimate of drug-likeness (QED) is 0.790. The van der Waals surface area contributed by atoms with Crippen LogP contribution in [0.1, 0.15) is 12.5 Å². The molecule has 1 aromatic rings. The normalized spacial score (nSPS) is 17.9. The number of fused-ring (bicyclic) bond motifs is 1. The summed E-state index contributed by atoms with van der Waals surface area (Å²) in [4.78, 5) is 0. The lowest BCUT2D eigenvalue weighted by atomic mass is 9.82. The second kappa shape index (κ2) is 4.31. The molecule has 1 aliphatic rings. The summed E-state index contributed by atoms with van der Waals surface area (Å²) in [5.41, 5.74) is 6.16. The third kappa shape index (κ3) is 1.74. The molecule has 0 radical (unpaired) electrons. The van der Waals surface area contributed by atoms with E-state index < -0.39 is 5.41 Å². The molecule has 0 fully saturated rings. The minimum absolute atomic E-state index is 0.0106. The fourth-order valence-electron chi connectivity index (χ4n) is 1.81. The van der Waals surface area contributed by atoms with Crippen LogP contribution in [0, 0.1) is 0 Å². The van der Waals surface area contributed by atoms with E-state index in [0.717, 1.165) is 17.1 Å². The lowest BCUT2D eigenvalue weighted by molar-refractivity contribution is 0.159. The molecule has 3 N–H and O–H groups in total. The Morgan fingerprint density at radius 2 is 2.12 bits per heavy atom. The van der Waals surface area contributed by atoms with Gasteiger partial charge in [-0.15, -0.1) is 0 Å². The van der Waals surface area contributed by atoms with E-state index in [1.54, 1.807) is 0 Å². The van der Waals surface area contributed by atoms with E-state index >= 15 is 0 Å². The molecule has 0 aromatic heterocycles. The maximum atomic E-state index is 9.46. The van der Waals surface area contributed by atoms with Crippen molar-refractivity contribution in [1.82, 2.24) is 0 Å².